The number of aliphatic carboxylic acids is 1. The van der Waals surface area contributed by atoms with Crippen LogP contribution in [-0.4, -0.2) is 16.1 Å². The first-order chi connectivity index (χ1) is 8.56. The van der Waals surface area contributed by atoms with Crippen LogP contribution in [0.1, 0.15) is 17.9 Å². The Labute approximate surface area is 109 Å². The molecule has 0 fully saturated rings. The SMILES string of the molecule is Cc1oc(-c2ccc(Cl)cc2)nc1CCC(=O)O. The van der Waals surface area contributed by atoms with E-state index in [1.165, 1.54) is 0 Å². The molecule has 94 valence electrons. The monoisotopic (exact) mass is 265 g/mol. The quantitative estimate of drug-likeness (QED) is 0.921. The van der Waals surface area contributed by atoms with Gasteiger partial charge in [-0.1, -0.05) is 11.6 Å². The Morgan fingerprint density at radius 3 is 2.67 bits per heavy atom. The summed E-state index contributed by atoms with van der Waals surface area (Å²) in [5.41, 5.74) is 1.51. The van der Waals surface area contributed by atoms with Crippen LogP contribution in [0.4, 0.5) is 0 Å². The van der Waals surface area contributed by atoms with E-state index in [0.29, 0.717) is 28.8 Å². The number of carboxylic acids is 1. The number of aromatic nitrogens is 1. The van der Waals surface area contributed by atoms with Crippen molar-refractivity contribution in [2.24, 2.45) is 0 Å². The van der Waals surface area contributed by atoms with Gasteiger partial charge in [-0.25, -0.2) is 4.98 Å². The summed E-state index contributed by atoms with van der Waals surface area (Å²) in [4.78, 5) is 14.8. The molecule has 0 atom stereocenters. The minimum atomic E-state index is -0.842. The van der Waals surface area contributed by atoms with Crippen LogP contribution in [0, 0.1) is 6.92 Å². The van der Waals surface area contributed by atoms with Gasteiger partial charge in [0, 0.05) is 17.0 Å². The van der Waals surface area contributed by atoms with Gasteiger partial charge in [-0.3, -0.25) is 4.79 Å². The molecule has 5 heteroatoms. The lowest BCUT2D eigenvalue weighted by atomic mass is 10.2. The van der Waals surface area contributed by atoms with Crippen molar-refractivity contribution in [2.45, 2.75) is 19.8 Å². The van der Waals surface area contributed by atoms with E-state index in [-0.39, 0.29) is 6.42 Å². The molecule has 2 rings (SSSR count). The number of benzene rings is 1. The number of halogens is 1. The second-order valence-electron chi connectivity index (χ2n) is 3.92. The zero-order valence-corrected chi connectivity index (χ0v) is 10.6. The molecule has 1 aromatic heterocycles. The summed E-state index contributed by atoms with van der Waals surface area (Å²) in [5.74, 6) is 0.302. The van der Waals surface area contributed by atoms with Crippen molar-refractivity contribution in [2.75, 3.05) is 0 Å². The first kappa shape index (κ1) is 12.6. The number of carbonyl (C=O) groups is 1. The first-order valence-corrected chi connectivity index (χ1v) is 5.88. The maximum atomic E-state index is 10.5. The Hall–Kier alpha value is -1.81. The predicted molar refractivity (Wildman–Crippen MR) is 67.6 cm³/mol. The molecule has 2 aromatic rings. The van der Waals surface area contributed by atoms with Gasteiger partial charge in [0.1, 0.15) is 5.76 Å². The molecular formula is C13H12ClNO3. The average Bonchev–Trinajstić information content (AvgIpc) is 2.69. The zero-order chi connectivity index (χ0) is 13.1. The second-order valence-corrected chi connectivity index (χ2v) is 4.36. The normalized spacial score (nSPS) is 10.6. The molecule has 0 aliphatic heterocycles. The molecule has 0 radical (unpaired) electrons. The van der Waals surface area contributed by atoms with Gasteiger partial charge in [-0.05, 0) is 31.2 Å². The molecule has 0 aliphatic carbocycles. The molecule has 1 N–H and O–H groups in total. The molecular weight excluding hydrogens is 254 g/mol. The fourth-order valence-electron chi connectivity index (χ4n) is 1.60. The van der Waals surface area contributed by atoms with E-state index < -0.39 is 5.97 Å². The number of hydrogen-bond donors (Lipinski definition) is 1. The van der Waals surface area contributed by atoms with E-state index >= 15 is 0 Å². The van der Waals surface area contributed by atoms with Crippen LogP contribution in [0.3, 0.4) is 0 Å². The molecule has 0 aliphatic rings. The summed E-state index contributed by atoms with van der Waals surface area (Å²) in [7, 11) is 0. The van der Waals surface area contributed by atoms with Crippen LogP contribution in [0.2, 0.25) is 5.02 Å². The van der Waals surface area contributed by atoms with Gasteiger partial charge in [0.15, 0.2) is 0 Å². The maximum absolute atomic E-state index is 10.5. The van der Waals surface area contributed by atoms with Crippen LogP contribution in [0.15, 0.2) is 28.7 Å². The summed E-state index contributed by atoms with van der Waals surface area (Å²) in [6.07, 6.45) is 0.422. The fraction of sp³-hybridized carbons (Fsp3) is 0.231. The van der Waals surface area contributed by atoms with Gasteiger partial charge in [-0.2, -0.15) is 0 Å². The van der Waals surface area contributed by atoms with Crippen LogP contribution < -0.4 is 0 Å². The van der Waals surface area contributed by atoms with E-state index in [4.69, 9.17) is 21.1 Å². The molecule has 0 saturated heterocycles. The van der Waals surface area contributed by atoms with Crippen molar-refractivity contribution < 1.29 is 14.3 Å². The van der Waals surface area contributed by atoms with Crippen LogP contribution in [0.5, 0.6) is 0 Å². The Morgan fingerprint density at radius 1 is 1.39 bits per heavy atom. The minimum Gasteiger partial charge on any atom is -0.481 e. The van der Waals surface area contributed by atoms with E-state index in [1.54, 1.807) is 19.1 Å². The standard InChI is InChI=1S/C13H12ClNO3/c1-8-11(6-7-12(16)17)15-13(18-8)9-2-4-10(14)5-3-9/h2-5H,6-7H2,1H3,(H,16,17). The highest BCUT2D eigenvalue weighted by molar-refractivity contribution is 6.30. The smallest absolute Gasteiger partial charge is 0.303 e. The molecule has 0 unspecified atom stereocenters. The third-order valence-corrected chi connectivity index (χ3v) is 2.81. The Bertz CT molecular complexity index is 560. The lowest BCUT2D eigenvalue weighted by Crippen LogP contribution is -1.98. The summed E-state index contributed by atoms with van der Waals surface area (Å²) in [6.45, 7) is 1.78. The van der Waals surface area contributed by atoms with Crippen LogP contribution >= 0.6 is 11.6 Å². The molecule has 1 aromatic carbocycles. The number of carboxylic acid groups (broad SMARTS) is 1. The largest absolute Gasteiger partial charge is 0.481 e. The van der Waals surface area contributed by atoms with Crippen molar-refractivity contribution >= 4 is 17.6 Å². The molecule has 0 bridgehead atoms. The molecule has 0 saturated carbocycles. The Balaban J connectivity index is 2.22. The van der Waals surface area contributed by atoms with Gasteiger partial charge < -0.3 is 9.52 Å². The summed E-state index contributed by atoms with van der Waals surface area (Å²) < 4.78 is 5.53. The van der Waals surface area contributed by atoms with Crippen molar-refractivity contribution in [3.63, 3.8) is 0 Å². The number of rotatable bonds is 4. The zero-order valence-electron chi connectivity index (χ0n) is 9.81. The number of oxazole rings is 1. The first-order valence-electron chi connectivity index (χ1n) is 5.50. The average molecular weight is 266 g/mol. The van der Waals surface area contributed by atoms with Crippen molar-refractivity contribution in [3.8, 4) is 11.5 Å². The molecule has 0 spiro atoms. The third kappa shape index (κ3) is 2.90. The topological polar surface area (TPSA) is 63.3 Å². The second kappa shape index (κ2) is 5.23. The van der Waals surface area contributed by atoms with Crippen molar-refractivity contribution in [1.82, 2.24) is 4.98 Å². The molecule has 1 heterocycles. The molecule has 18 heavy (non-hydrogen) atoms. The van der Waals surface area contributed by atoms with Gasteiger partial charge >= 0.3 is 5.97 Å². The Morgan fingerprint density at radius 2 is 2.06 bits per heavy atom. The van der Waals surface area contributed by atoms with Crippen molar-refractivity contribution in [1.29, 1.82) is 0 Å². The van der Waals surface area contributed by atoms with E-state index in [9.17, 15) is 4.79 Å². The Kier molecular flexibility index (Phi) is 3.67. The van der Waals surface area contributed by atoms with Crippen LogP contribution in [0.25, 0.3) is 11.5 Å². The predicted octanol–water partition coefficient (Wildman–Crippen LogP) is 3.32. The molecule has 4 nitrogen and oxygen atoms in total. The van der Waals surface area contributed by atoms with Crippen molar-refractivity contribution in [3.05, 3.63) is 40.7 Å². The molecule has 0 amide bonds. The highest BCUT2D eigenvalue weighted by atomic mass is 35.5. The number of hydrogen-bond acceptors (Lipinski definition) is 3. The highest BCUT2D eigenvalue weighted by Crippen LogP contribution is 2.23. The number of aryl methyl sites for hydroxylation is 2. The van der Waals surface area contributed by atoms with E-state index in [0.717, 1.165) is 5.56 Å². The lowest BCUT2D eigenvalue weighted by Gasteiger charge is -1.94. The van der Waals surface area contributed by atoms with Gasteiger partial charge in [0.05, 0.1) is 12.1 Å². The van der Waals surface area contributed by atoms with Gasteiger partial charge in [-0.15, -0.1) is 0 Å². The van der Waals surface area contributed by atoms with E-state index in [2.05, 4.69) is 4.98 Å². The number of nitrogens with zero attached hydrogens (tertiary/aromatic N) is 1. The van der Waals surface area contributed by atoms with E-state index in [1.807, 2.05) is 12.1 Å². The van der Waals surface area contributed by atoms with Gasteiger partial charge in [0.2, 0.25) is 5.89 Å². The third-order valence-electron chi connectivity index (χ3n) is 2.56. The lowest BCUT2D eigenvalue weighted by molar-refractivity contribution is -0.136. The summed E-state index contributed by atoms with van der Waals surface area (Å²) >= 11 is 5.80. The summed E-state index contributed by atoms with van der Waals surface area (Å²) in [6, 6.07) is 7.14. The highest BCUT2D eigenvalue weighted by Gasteiger charge is 2.12. The minimum absolute atomic E-state index is 0.0490. The van der Waals surface area contributed by atoms with Gasteiger partial charge in [0.25, 0.3) is 0 Å². The summed E-state index contributed by atoms with van der Waals surface area (Å²) in [5, 5.41) is 9.29. The maximum Gasteiger partial charge on any atom is 0.303 e. The van der Waals surface area contributed by atoms with Crippen LogP contribution in [-0.2, 0) is 11.2 Å². The fourth-order valence-corrected chi connectivity index (χ4v) is 1.73.